The first-order valence-electron chi connectivity index (χ1n) is 6.26. The molecule has 1 aromatic carbocycles. The van der Waals surface area contributed by atoms with Crippen molar-refractivity contribution < 1.29 is 14.3 Å². The van der Waals surface area contributed by atoms with Crippen LogP contribution in [0.3, 0.4) is 0 Å². The molecule has 0 bridgehead atoms. The molecular formula is C15H21NO3. The molecule has 0 spiro atoms. The second-order valence-electron chi connectivity index (χ2n) is 5.47. The Labute approximate surface area is 114 Å². The summed E-state index contributed by atoms with van der Waals surface area (Å²) in [6, 6.07) is 7.29. The lowest BCUT2D eigenvalue weighted by Crippen LogP contribution is -2.36. The molecule has 1 rings (SSSR count). The van der Waals surface area contributed by atoms with Crippen LogP contribution in [0, 0.1) is 5.41 Å². The summed E-state index contributed by atoms with van der Waals surface area (Å²) in [5.74, 6) is 0.630. The number of carbonyl (C=O) groups excluding carboxylic acids is 2. The summed E-state index contributed by atoms with van der Waals surface area (Å²) in [5.41, 5.74) is 0.467. The molecule has 104 valence electrons. The first kappa shape index (κ1) is 15.2. The summed E-state index contributed by atoms with van der Waals surface area (Å²) in [6.07, 6.45) is 0.265. The number of hydrogen-bond acceptors (Lipinski definition) is 3. The molecule has 0 aromatic heterocycles. The van der Waals surface area contributed by atoms with Gasteiger partial charge in [0.15, 0.2) is 5.78 Å². The number of ether oxygens (including phenoxy) is 1. The first-order valence-corrected chi connectivity index (χ1v) is 6.26. The third-order valence-corrected chi connectivity index (χ3v) is 2.81. The number of ketones is 1. The number of carbonyl (C=O) groups is 2. The van der Waals surface area contributed by atoms with E-state index in [4.69, 9.17) is 4.74 Å². The van der Waals surface area contributed by atoms with E-state index in [1.165, 1.54) is 0 Å². The third-order valence-electron chi connectivity index (χ3n) is 2.81. The van der Waals surface area contributed by atoms with Crippen molar-refractivity contribution in [2.45, 2.75) is 27.2 Å². The van der Waals surface area contributed by atoms with Crippen molar-refractivity contribution in [3.05, 3.63) is 29.8 Å². The van der Waals surface area contributed by atoms with Gasteiger partial charge in [-0.15, -0.1) is 0 Å². The number of Topliss-reactive ketones (excluding diaryl/α,β-unsaturated/α-hetero) is 1. The molecule has 19 heavy (non-hydrogen) atoms. The molecule has 1 amide bonds. The highest BCUT2D eigenvalue weighted by Crippen LogP contribution is 2.14. The minimum atomic E-state index is -0.423. The minimum Gasteiger partial charge on any atom is -0.497 e. The lowest BCUT2D eigenvalue weighted by molar-refractivity contribution is -0.128. The van der Waals surface area contributed by atoms with Crippen molar-refractivity contribution in [3.8, 4) is 5.75 Å². The van der Waals surface area contributed by atoms with Gasteiger partial charge < -0.3 is 10.1 Å². The van der Waals surface area contributed by atoms with E-state index in [0.717, 1.165) is 11.3 Å². The zero-order chi connectivity index (χ0) is 14.5. The van der Waals surface area contributed by atoms with Crippen LogP contribution in [0.1, 0.15) is 26.3 Å². The van der Waals surface area contributed by atoms with E-state index in [0.29, 0.717) is 0 Å². The maximum absolute atomic E-state index is 11.7. The smallest absolute Gasteiger partial charge is 0.224 e. The summed E-state index contributed by atoms with van der Waals surface area (Å²) in [7, 11) is 1.60. The van der Waals surface area contributed by atoms with Crippen LogP contribution < -0.4 is 10.1 Å². The second kappa shape index (κ2) is 6.36. The van der Waals surface area contributed by atoms with E-state index < -0.39 is 5.41 Å². The standard InChI is InChI=1S/C15H21NO3/c1-15(2,3)13(17)10-16-14(18)9-11-5-7-12(19-4)8-6-11/h5-8H,9-10H2,1-4H3,(H,16,18). The van der Waals surface area contributed by atoms with Crippen LogP contribution in [0.2, 0.25) is 0 Å². The highest BCUT2D eigenvalue weighted by atomic mass is 16.5. The lowest BCUT2D eigenvalue weighted by atomic mass is 9.91. The normalized spacial score (nSPS) is 10.9. The maximum atomic E-state index is 11.7. The van der Waals surface area contributed by atoms with E-state index in [9.17, 15) is 9.59 Å². The molecule has 0 aliphatic rings. The van der Waals surface area contributed by atoms with Gasteiger partial charge in [0.1, 0.15) is 5.75 Å². The minimum absolute atomic E-state index is 0.0237. The molecule has 4 heteroatoms. The van der Waals surface area contributed by atoms with Crippen LogP contribution >= 0.6 is 0 Å². The number of rotatable bonds is 5. The van der Waals surface area contributed by atoms with E-state index in [2.05, 4.69) is 5.32 Å². The zero-order valence-corrected chi connectivity index (χ0v) is 11.9. The van der Waals surface area contributed by atoms with Crippen LogP contribution in [0.5, 0.6) is 5.75 Å². The molecule has 0 atom stereocenters. The fourth-order valence-corrected chi connectivity index (χ4v) is 1.44. The molecule has 1 N–H and O–H groups in total. The van der Waals surface area contributed by atoms with Gasteiger partial charge in [-0.05, 0) is 17.7 Å². The molecule has 0 aliphatic heterocycles. The van der Waals surface area contributed by atoms with Gasteiger partial charge in [0.05, 0.1) is 20.1 Å². The fourth-order valence-electron chi connectivity index (χ4n) is 1.44. The Bertz CT molecular complexity index is 443. The van der Waals surface area contributed by atoms with Gasteiger partial charge in [0.25, 0.3) is 0 Å². The summed E-state index contributed by atoms with van der Waals surface area (Å²) in [5, 5.41) is 2.65. The Morgan fingerprint density at radius 2 is 1.74 bits per heavy atom. The van der Waals surface area contributed by atoms with E-state index in [1.807, 2.05) is 45.0 Å². The zero-order valence-electron chi connectivity index (χ0n) is 11.9. The number of methoxy groups -OCH3 is 1. The topological polar surface area (TPSA) is 55.4 Å². The number of benzene rings is 1. The van der Waals surface area contributed by atoms with E-state index in [-0.39, 0.29) is 24.7 Å². The van der Waals surface area contributed by atoms with Crippen molar-refractivity contribution in [1.82, 2.24) is 5.32 Å². The molecule has 0 heterocycles. The highest BCUT2D eigenvalue weighted by molar-refractivity contribution is 5.89. The first-order chi connectivity index (χ1) is 8.82. The summed E-state index contributed by atoms with van der Waals surface area (Å²) >= 11 is 0. The lowest BCUT2D eigenvalue weighted by Gasteiger charge is -2.16. The van der Waals surface area contributed by atoms with Crippen molar-refractivity contribution in [2.75, 3.05) is 13.7 Å². The van der Waals surface area contributed by atoms with Crippen LogP contribution in [-0.4, -0.2) is 25.3 Å². The van der Waals surface area contributed by atoms with Crippen LogP contribution in [0.15, 0.2) is 24.3 Å². The molecule has 0 fully saturated rings. The molecule has 0 aliphatic carbocycles. The van der Waals surface area contributed by atoms with Gasteiger partial charge in [0, 0.05) is 5.41 Å². The van der Waals surface area contributed by atoms with Gasteiger partial charge in [0.2, 0.25) is 5.91 Å². The van der Waals surface area contributed by atoms with Crippen LogP contribution in [0.25, 0.3) is 0 Å². The molecule has 4 nitrogen and oxygen atoms in total. The SMILES string of the molecule is COc1ccc(CC(=O)NCC(=O)C(C)(C)C)cc1. The van der Waals surface area contributed by atoms with Gasteiger partial charge in [-0.2, -0.15) is 0 Å². The Kier molecular flexibility index (Phi) is 5.10. The second-order valence-corrected chi connectivity index (χ2v) is 5.47. The van der Waals surface area contributed by atoms with Crippen molar-refractivity contribution in [1.29, 1.82) is 0 Å². The molecule has 0 saturated carbocycles. The van der Waals surface area contributed by atoms with Gasteiger partial charge in [-0.1, -0.05) is 32.9 Å². The molecule has 0 unspecified atom stereocenters. The van der Waals surface area contributed by atoms with Crippen LogP contribution in [-0.2, 0) is 16.0 Å². The number of amides is 1. The van der Waals surface area contributed by atoms with Gasteiger partial charge >= 0.3 is 0 Å². The molecule has 0 saturated heterocycles. The number of hydrogen-bond donors (Lipinski definition) is 1. The van der Waals surface area contributed by atoms with Crippen LogP contribution in [0.4, 0.5) is 0 Å². The number of nitrogens with one attached hydrogen (secondary N) is 1. The maximum Gasteiger partial charge on any atom is 0.224 e. The Hall–Kier alpha value is -1.84. The monoisotopic (exact) mass is 263 g/mol. The predicted octanol–water partition coefficient (Wildman–Crippen LogP) is 1.97. The van der Waals surface area contributed by atoms with Crippen molar-refractivity contribution in [3.63, 3.8) is 0 Å². The summed E-state index contributed by atoms with van der Waals surface area (Å²) in [4.78, 5) is 23.4. The predicted molar refractivity (Wildman–Crippen MR) is 74.2 cm³/mol. The summed E-state index contributed by atoms with van der Waals surface area (Å²) < 4.78 is 5.05. The molecule has 1 aromatic rings. The quantitative estimate of drug-likeness (QED) is 0.883. The van der Waals surface area contributed by atoms with Gasteiger partial charge in [-0.3, -0.25) is 9.59 Å². The Morgan fingerprint density at radius 1 is 1.16 bits per heavy atom. The highest BCUT2D eigenvalue weighted by Gasteiger charge is 2.21. The van der Waals surface area contributed by atoms with Crippen molar-refractivity contribution in [2.24, 2.45) is 5.41 Å². The Balaban J connectivity index is 2.45. The van der Waals surface area contributed by atoms with E-state index >= 15 is 0 Å². The molecule has 0 radical (unpaired) electrons. The fraction of sp³-hybridized carbons (Fsp3) is 0.467. The van der Waals surface area contributed by atoms with E-state index in [1.54, 1.807) is 7.11 Å². The largest absolute Gasteiger partial charge is 0.497 e. The molecular weight excluding hydrogens is 242 g/mol. The summed E-state index contributed by atoms with van der Waals surface area (Å²) in [6.45, 7) is 5.60. The average Bonchev–Trinajstić information content (AvgIpc) is 2.35. The van der Waals surface area contributed by atoms with Gasteiger partial charge in [-0.25, -0.2) is 0 Å². The average molecular weight is 263 g/mol. The van der Waals surface area contributed by atoms with Crippen molar-refractivity contribution >= 4 is 11.7 Å². The Morgan fingerprint density at radius 3 is 2.21 bits per heavy atom. The third kappa shape index (κ3) is 5.12.